The summed E-state index contributed by atoms with van der Waals surface area (Å²) >= 11 is 4.89. The second-order valence-corrected chi connectivity index (χ2v) is 8.44. The van der Waals surface area contributed by atoms with Gasteiger partial charge < -0.3 is 5.73 Å². The molecule has 0 aliphatic carbocycles. The zero-order chi connectivity index (χ0) is 14.9. The fourth-order valence-electron chi connectivity index (χ4n) is 1.87. The lowest BCUT2D eigenvalue weighted by molar-refractivity contribution is 0.469. The summed E-state index contributed by atoms with van der Waals surface area (Å²) in [7, 11) is -1.92. The molecule has 1 heterocycles. The van der Waals surface area contributed by atoms with Crippen molar-refractivity contribution in [3.8, 4) is 0 Å². The number of aryl methyl sites for hydroxylation is 1. The summed E-state index contributed by atoms with van der Waals surface area (Å²) in [5.74, 6) is 0. The average Bonchev–Trinajstić information content (AvgIpc) is 2.74. The molecule has 1 aromatic carbocycles. The Morgan fingerprint density at radius 2 is 2.05 bits per heavy atom. The molecule has 4 nitrogen and oxygen atoms in total. The summed E-state index contributed by atoms with van der Waals surface area (Å²) in [5, 5.41) is 1.93. The molecule has 0 bridgehead atoms. The maximum absolute atomic E-state index is 12.6. The standard InChI is InChI=1S/C13H15BrN2O2S2/c1-9-5-11(15)3-4-13(9)20(17,18)16(2)7-12-6-10(14)8-19-12/h3-6,8H,7,15H2,1-2H3. The van der Waals surface area contributed by atoms with Gasteiger partial charge in [-0.15, -0.1) is 11.3 Å². The number of hydrogen-bond acceptors (Lipinski definition) is 4. The molecule has 20 heavy (non-hydrogen) atoms. The van der Waals surface area contributed by atoms with Crippen LogP contribution in [0.1, 0.15) is 10.4 Å². The molecule has 2 rings (SSSR count). The van der Waals surface area contributed by atoms with Gasteiger partial charge in [-0.3, -0.25) is 0 Å². The molecule has 0 saturated heterocycles. The van der Waals surface area contributed by atoms with E-state index in [-0.39, 0.29) is 0 Å². The van der Waals surface area contributed by atoms with E-state index in [0.29, 0.717) is 22.7 Å². The van der Waals surface area contributed by atoms with E-state index in [9.17, 15) is 8.42 Å². The summed E-state index contributed by atoms with van der Waals surface area (Å²) in [6.45, 7) is 2.10. The Morgan fingerprint density at radius 1 is 1.35 bits per heavy atom. The number of hydrogen-bond donors (Lipinski definition) is 1. The van der Waals surface area contributed by atoms with E-state index in [1.807, 2.05) is 11.4 Å². The van der Waals surface area contributed by atoms with Crippen LogP contribution in [0.25, 0.3) is 0 Å². The van der Waals surface area contributed by atoms with Gasteiger partial charge in [0.2, 0.25) is 10.0 Å². The lowest BCUT2D eigenvalue weighted by Crippen LogP contribution is -2.26. The number of rotatable bonds is 4. The molecule has 0 atom stereocenters. The third kappa shape index (κ3) is 3.22. The highest BCUT2D eigenvalue weighted by molar-refractivity contribution is 9.10. The number of benzene rings is 1. The van der Waals surface area contributed by atoms with Gasteiger partial charge in [0.25, 0.3) is 0 Å². The van der Waals surface area contributed by atoms with Crippen molar-refractivity contribution in [2.45, 2.75) is 18.4 Å². The van der Waals surface area contributed by atoms with Crippen LogP contribution in [-0.4, -0.2) is 19.8 Å². The number of thiophene rings is 1. The Morgan fingerprint density at radius 3 is 2.60 bits per heavy atom. The molecule has 0 fully saturated rings. The molecule has 0 amide bonds. The maximum Gasteiger partial charge on any atom is 0.243 e. The summed E-state index contributed by atoms with van der Waals surface area (Å²) in [4.78, 5) is 1.28. The molecule has 0 aliphatic heterocycles. The van der Waals surface area contributed by atoms with Gasteiger partial charge in [-0.1, -0.05) is 0 Å². The normalized spacial score (nSPS) is 12.0. The van der Waals surface area contributed by atoms with E-state index in [1.165, 1.54) is 15.6 Å². The Balaban J connectivity index is 2.29. The van der Waals surface area contributed by atoms with E-state index >= 15 is 0 Å². The maximum atomic E-state index is 12.6. The largest absolute Gasteiger partial charge is 0.399 e. The first-order valence-corrected chi connectivity index (χ1v) is 8.97. The molecule has 0 radical (unpaired) electrons. The van der Waals surface area contributed by atoms with Gasteiger partial charge >= 0.3 is 0 Å². The van der Waals surface area contributed by atoms with Crippen LogP contribution in [0.2, 0.25) is 0 Å². The van der Waals surface area contributed by atoms with E-state index in [2.05, 4.69) is 15.9 Å². The molecule has 2 aromatic rings. The second-order valence-electron chi connectivity index (χ2n) is 4.52. The Labute approximate surface area is 131 Å². The second kappa shape index (κ2) is 5.85. The Bertz CT molecular complexity index is 726. The number of halogens is 1. The van der Waals surface area contributed by atoms with Crippen molar-refractivity contribution in [2.24, 2.45) is 0 Å². The minimum Gasteiger partial charge on any atom is -0.399 e. The minimum absolute atomic E-state index is 0.296. The Hall–Kier alpha value is -0.890. The summed E-state index contributed by atoms with van der Waals surface area (Å²) in [6, 6.07) is 6.76. The first-order chi connectivity index (χ1) is 9.30. The minimum atomic E-state index is -3.51. The number of sulfonamides is 1. The van der Waals surface area contributed by atoms with Crippen LogP contribution in [0.5, 0.6) is 0 Å². The molecular weight excluding hydrogens is 360 g/mol. The predicted molar refractivity (Wildman–Crippen MR) is 86.3 cm³/mol. The molecular formula is C13H15BrN2O2S2. The van der Waals surface area contributed by atoms with Gasteiger partial charge in [-0.05, 0) is 52.7 Å². The van der Waals surface area contributed by atoms with E-state index < -0.39 is 10.0 Å². The highest BCUT2D eigenvalue weighted by atomic mass is 79.9. The fourth-order valence-corrected chi connectivity index (χ4v) is 4.81. The molecule has 1 aromatic heterocycles. The summed E-state index contributed by atoms with van der Waals surface area (Å²) in [5.41, 5.74) is 6.88. The van der Waals surface area contributed by atoms with Crippen molar-refractivity contribution in [1.29, 1.82) is 0 Å². The van der Waals surface area contributed by atoms with Crippen LogP contribution in [-0.2, 0) is 16.6 Å². The molecule has 7 heteroatoms. The van der Waals surface area contributed by atoms with Gasteiger partial charge in [0.1, 0.15) is 0 Å². The monoisotopic (exact) mass is 374 g/mol. The highest BCUT2D eigenvalue weighted by Crippen LogP contribution is 2.25. The van der Waals surface area contributed by atoms with Crippen molar-refractivity contribution >= 4 is 43.0 Å². The van der Waals surface area contributed by atoms with Crippen molar-refractivity contribution < 1.29 is 8.42 Å². The van der Waals surface area contributed by atoms with Gasteiger partial charge in [0.15, 0.2) is 0 Å². The van der Waals surface area contributed by atoms with Crippen LogP contribution >= 0.6 is 27.3 Å². The summed E-state index contributed by atoms with van der Waals surface area (Å²) < 4.78 is 27.4. The highest BCUT2D eigenvalue weighted by Gasteiger charge is 2.23. The van der Waals surface area contributed by atoms with Crippen molar-refractivity contribution in [3.63, 3.8) is 0 Å². The number of nitrogen functional groups attached to an aromatic ring is 1. The van der Waals surface area contributed by atoms with Crippen LogP contribution < -0.4 is 5.73 Å². The van der Waals surface area contributed by atoms with Crippen molar-refractivity contribution in [1.82, 2.24) is 4.31 Å². The average molecular weight is 375 g/mol. The third-order valence-electron chi connectivity index (χ3n) is 2.89. The third-order valence-corrected chi connectivity index (χ3v) is 6.53. The molecule has 0 aliphatic rings. The number of anilines is 1. The van der Waals surface area contributed by atoms with E-state index in [4.69, 9.17) is 5.73 Å². The zero-order valence-electron chi connectivity index (χ0n) is 11.1. The SMILES string of the molecule is Cc1cc(N)ccc1S(=O)(=O)N(C)Cc1cc(Br)cs1. The fraction of sp³-hybridized carbons (Fsp3) is 0.231. The molecule has 108 valence electrons. The van der Waals surface area contributed by atoms with E-state index in [0.717, 1.165) is 9.35 Å². The van der Waals surface area contributed by atoms with Gasteiger partial charge in [-0.2, -0.15) is 4.31 Å². The van der Waals surface area contributed by atoms with E-state index in [1.54, 1.807) is 32.2 Å². The quantitative estimate of drug-likeness (QED) is 0.835. The number of nitrogens with zero attached hydrogens (tertiary/aromatic N) is 1. The Kier molecular flexibility index (Phi) is 4.53. The molecule has 0 spiro atoms. The topological polar surface area (TPSA) is 63.4 Å². The van der Waals surface area contributed by atoms with Gasteiger partial charge in [0, 0.05) is 34.0 Å². The zero-order valence-corrected chi connectivity index (χ0v) is 14.3. The molecule has 0 saturated carbocycles. The van der Waals surface area contributed by atoms with Gasteiger partial charge in [0.05, 0.1) is 4.90 Å². The first kappa shape index (κ1) is 15.5. The van der Waals surface area contributed by atoms with Crippen LogP contribution in [0.4, 0.5) is 5.69 Å². The molecule has 0 unspecified atom stereocenters. The smallest absolute Gasteiger partial charge is 0.243 e. The first-order valence-electron chi connectivity index (χ1n) is 5.86. The van der Waals surface area contributed by atoms with Crippen molar-refractivity contribution in [3.05, 3.63) is 44.6 Å². The predicted octanol–water partition coefficient (Wildman–Crippen LogP) is 3.22. The summed E-state index contributed by atoms with van der Waals surface area (Å²) in [6.07, 6.45) is 0. The van der Waals surface area contributed by atoms with Crippen LogP contribution in [0.15, 0.2) is 39.0 Å². The van der Waals surface area contributed by atoms with Gasteiger partial charge in [-0.25, -0.2) is 8.42 Å². The lowest BCUT2D eigenvalue weighted by Gasteiger charge is -2.18. The number of nitrogens with two attached hydrogens (primary N) is 1. The van der Waals surface area contributed by atoms with Crippen LogP contribution in [0, 0.1) is 6.92 Å². The van der Waals surface area contributed by atoms with Crippen LogP contribution in [0.3, 0.4) is 0 Å². The molecule has 2 N–H and O–H groups in total. The van der Waals surface area contributed by atoms with Crippen molar-refractivity contribution in [2.75, 3.05) is 12.8 Å². The lowest BCUT2D eigenvalue weighted by atomic mass is 10.2.